The smallest absolute Gasteiger partial charge is 0.283 e. The molecular weight excluding hydrogens is 316 g/mol. The molecule has 2 aromatic rings. The van der Waals surface area contributed by atoms with E-state index >= 15 is 0 Å². The van der Waals surface area contributed by atoms with Gasteiger partial charge >= 0.3 is 6.18 Å². The molecule has 0 amide bonds. The number of aryl methyl sites for hydroxylation is 1. The fourth-order valence-corrected chi connectivity index (χ4v) is 1.42. The molecule has 0 saturated heterocycles. The van der Waals surface area contributed by atoms with E-state index in [1.807, 2.05) is 19.1 Å². The topological polar surface area (TPSA) is 12.9 Å². The number of pyridine rings is 1. The van der Waals surface area contributed by atoms with Crippen LogP contribution in [0.3, 0.4) is 0 Å². The third-order valence-corrected chi connectivity index (χ3v) is 2.31. The molecule has 0 saturated carbocycles. The maximum atomic E-state index is 12.5. The average Bonchev–Trinajstić information content (AvgIpc) is 2.29. The van der Waals surface area contributed by atoms with Gasteiger partial charge in [0.15, 0.2) is 0 Å². The number of aromatic nitrogens is 1. The average molecular weight is 325 g/mol. The van der Waals surface area contributed by atoms with Crippen molar-refractivity contribution in [1.29, 1.82) is 0 Å². The van der Waals surface area contributed by atoms with E-state index < -0.39 is 11.9 Å². The number of benzene rings is 1. The van der Waals surface area contributed by atoms with Crippen LogP contribution in [0.25, 0.3) is 11.3 Å². The second kappa shape index (κ2) is 5.94. The molecule has 0 N–H and O–H groups in total. The summed E-state index contributed by atoms with van der Waals surface area (Å²) in [5, 5.41) is 0. The van der Waals surface area contributed by atoms with E-state index in [0.717, 1.165) is 5.56 Å². The quantitative estimate of drug-likeness (QED) is 0.725. The van der Waals surface area contributed by atoms with Crippen molar-refractivity contribution in [3.63, 3.8) is 0 Å². The van der Waals surface area contributed by atoms with Crippen molar-refractivity contribution < 1.29 is 45.9 Å². The van der Waals surface area contributed by atoms with Crippen LogP contribution in [0.4, 0.5) is 13.2 Å². The van der Waals surface area contributed by atoms with Gasteiger partial charge in [-0.3, -0.25) is 4.98 Å². The van der Waals surface area contributed by atoms with E-state index in [1.54, 1.807) is 12.1 Å². The Balaban J connectivity index is 0.00000162. The maximum Gasteiger partial charge on any atom is 0.415 e. The minimum absolute atomic E-state index is 0. The summed E-state index contributed by atoms with van der Waals surface area (Å²) in [5.41, 5.74) is 1.02. The molecule has 1 radical (unpaired) electrons. The van der Waals surface area contributed by atoms with E-state index in [4.69, 9.17) is 0 Å². The molecule has 0 atom stereocenters. The van der Waals surface area contributed by atoms with Gasteiger partial charge in [-0.05, 0) is 18.2 Å². The zero-order valence-corrected chi connectivity index (χ0v) is 12.5. The second-order valence-corrected chi connectivity index (χ2v) is 3.69. The summed E-state index contributed by atoms with van der Waals surface area (Å²) < 4.78 is 37.4. The summed E-state index contributed by atoms with van der Waals surface area (Å²) in [7, 11) is 0. The van der Waals surface area contributed by atoms with Gasteiger partial charge in [-0.25, -0.2) is 12.1 Å². The minimum Gasteiger partial charge on any atom is -0.283 e. The molecule has 1 aromatic heterocycles. The van der Waals surface area contributed by atoms with Crippen molar-refractivity contribution in [1.82, 2.24) is 4.98 Å². The zero-order chi connectivity index (χ0) is 12.5. The van der Waals surface area contributed by atoms with E-state index in [9.17, 15) is 13.2 Å². The van der Waals surface area contributed by atoms with Crippen LogP contribution in [0, 0.1) is 13.0 Å². The number of halogens is 3. The molecule has 91 valence electrons. The molecular formula is C13H9F3NY-. The summed E-state index contributed by atoms with van der Waals surface area (Å²) in [5.74, 6) is 0. The molecule has 1 nitrogen and oxygen atoms in total. The van der Waals surface area contributed by atoms with Gasteiger partial charge < -0.3 is 0 Å². The van der Waals surface area contributed by atoms with Gasteiger partial charge in [0.2, 0.25) is 0 Å². The summed E-state index contributed by atoms with van der Waals surface area (Å²) in [6.07, 6.45) is -4.46. The van der Waals surface area contributed by atoms with Gasteiger partial charge in [0.25, 0.3) is 0 Å². The summed E-state index contributed by atoms with van der Waals surface area (Å²) in [6, 6.07) is 12.0. The van der Waals surface area contributed by atoms with Gasteiger partial charge in [-0.2, -0.15) is 19.2 Å². The van der Waals surface area contributed by atoms with E-state index in [0.29, 0.717) is 11.3 Å². The second-order valence-electron chi connectivity index (χ2n) is 3.69. The number of alkyl halides is 3. The summed E-state index contributed by atoms with van der Waals surface area (Å²) in [6.45, 7) is 1.91. The first-order valence-corrected chi connectivity index (χ1v) is 5.00. The first kappa shape index (κ1) is 15.3. The number of rotatable bonds is 1. The predicted octanol–water partition coefficient (Wildman–Crippen LogP) is 3.87. The molecule has 0 aliphatic carbocycles. The molecule has 0 unspecified atom stereocenters. The predicted molar refractivity (Wildman–Crippen MR) is 58.2 cm³/mol. The summed E-state index contributed by atoms with van der Waals surface area (Å²) in [4.78, 5) is 3.56. The third-order valence-electron chi connectivity index (χ3n) is 2.31. The van der Waals surface area contributed by atoms with Crippen LogP contribution < -0.4 is 0 Å². The monoisotopic (exact) mass is 325 g/mol. The normalized spacial score (nSPS) is 10.9. The molecule has 18 heavy (non-hydrogen) atoms. The Kier molecular flexibility index (Phi) is 5.05. The van der Waals surface area contributed by atoms with Crippen molar-refractivity contribution in [2.24, 2.45) is 0 Å². The first-order chi connectivity index (χ1) is 7.97. The van der Waals surface area contributed by atoms with Gasteiger partial charge in [0, 0.05) is 32.7 Å². The third kappa shape index (κ3) is 3.63. The molecule has 0 aliphatic heterocycles. The van der Waals surface area contributed by atoms with Crippen molar-refractivity contribution in [2.45, 2.75) is 13.1 Å². The van der Waals surface area contributed by atoms with Crippen LogP contribution in [0.2, 0.25) is 0 Å². The molecule has 1 heterocycles. The van der Waals surface area contributed by atoms with E-state index in [-0.39, 0.29) is 32.7 Å². The van der Waals surface area contributed by atoms with Crippen molar-refractivity contribution in [3.8, 4) is 11.3 Å². The number of nitrogens with zero attached hydrogens (tertiary/aromatic N) is 1. The van der Waals surface area contributed by atoms with E-state index in [1.165, 1.54) is 12.1 Å². The Labute approximate surface area is 128 Å². The van der Waals surface area contributed by atoms with Crippen molar-refractivity contribution in [3.05, 3.63) is 53.7 Å². The Morgan fingerprint density at radius 1 is 1.06 bits per heavy atom. The molecule has 0 fully saturated rings. The summed E-state index contributed by atoms with van der Waals surface area (Å²) >= 11 is 0. The van der Waals surface area contributed by atoms with Gasteiger partial charge in [0.05, 0.1) is 5.69 Å². The zero-order valence-electron chi connectivity index (χ0n) is 9.62. The molecule has 5 heteroatoms. The van der Waals surface area contributed by atoms with Gasteiger partial charge in [-0.1, -0.05) is 29.8 Å². The molecule has 2 rings (SSSR count). The fourth-order valence-electron chi connectivity index (χ4n) is 1.42. The van der Waals surface area contributed by atoms with Crippen molar-refractivity contribution >= 4 is 0 Å². The van der Waals surface area contributed by atoms with E-state index in [2.05, 4.69) is 11.1 Å². The maximum absolute atomic E-state index is 12.5. The Morgan fingerprint density at radius 2 is 1.67 bits per heavy atom. The van der Waals surface area contributed by atoms with Crippen LogP contribution >= 0.6 is 0 Å². The SMILES string of the molecule is Cc1ccc(-c2cc[c-]c(C(F)(F)F)n2)cc1.[Y]. The molecule has 0 spiro atoms. The molecule has 0 aliphatic rings. The standard InChI is InChI=1S/C13H9F3N.Y/c1-9-5-7-10(8-6-9)11-3-2-4-12(17-11)13(14,15)16;/h2-3,5-8H,1H3;/q-1;. The molecule has 0 bridgehead atoms. The van der Waals surface area contributed by atoms with Crippen molar-refractivity contribution in [2.75, 3.05) is 0 Å². The number of hydrogen-bond acceptors (Lipinski definition) is 1. The van der Waals surface area contributed by atoms with Gasteiger partial charge in [0.1, 0.15) is 0 Å². The van der Waals surface area contributed by atoms with Crippen LogP contribution in [0.1, 0.15) is 11.3 Å². The van der Waals surface area contributed by atoms with Crippen LogP contribution in [0.15, 0.2) is 36.4 Å². The Bertz CT molecular complexity index is 521. The minimum atomic E-state index is -4.46. The van der Waals surface area contributed by atoms with Crippen LogP contribution in [-0.4, -0.2) is 4.98 Å². The molecule has 1 aromatic carbocycles. The Hall–Kier alpha value is -0.736. The van der Waals surface area contributed by atoms with Crippen LogP contribution in [-0.2, 0) is 38.9 Å². The van der Waals surface area contributed by atoms with Crippen LogP contribution in [0.5, 0.6) is 0 Å². The van der Waals surface area contributed by atoms with Gasteiger partial charge in [-0.15, -0.1) is 0 Å². The number of hydrogen-bond donors (Lipinski definition) is 0. The Morgan fingerprint density at radius 3 is 2.22 bits per heavy atom. The fraction of sp³-hybridized carbons (Fsp3) is 0.154. The largest absolute Gasteiger partial charge is 0.415 e. The first-order valence-electron chi connectivity index (χ1n) is 5.00.